The number of benzene rings is 1. The Bertz CT molecular complexity index is 364. The number of rotatable bonds is 7. The van der Waals surface area contributed by atoms with E-state index >= 15 is 0 Å². The Hall–Kier alpha value is -0.570. The molecule has 3 heteroatoms. The molecule has 0 aliphatic carbocycles. The maximum Gasteiger partial charge on any atom is 0.0406 e. The molecule has 1 aliphatic rings. The molecule has 0 amide bonds. The summed E-state index contributed by atoms with van der Waals surface area (Å²) < 4.78 is 0. The molecule has 1 aliphatic heterocycles. The van der Waals surface area contributed by atoms with Gasteiger partial charge in [0.05, 0.1) is 0 Å². The van der Waals surface area contributed by atoms with Crippen molar-refractivity contribution in [3.8, 4) is 0 Å². The highest BCUT2D eigenvalue weighted by Gasteiger charge is 2.21. The third kappa shape index (κ3) is 5.13. The molecule has 2 rings (SSSR count). The van der Waals surface area contributed by atoms with Crippen LogP contribution in [-0.2, 0) is 6.42 Å². The van der Waals surface area contributed by atoms with Crippen LogP contribution in [-0.4, -0.2) is 37.6 Å². The molecule has 106 valence electrons. The van der Waals surface area contributed by atoms with Gasteiger partial charge in [0.1, 0.15) is 0 Å². The van der Waals surface area contributed by atoms with Gasteiger partial charge in [-0.25, -0.2) is 0 Å². The molecule has 0 radical (unpaired) electrons. The molecule has 1 saturated heterocycles. The van der Waals surface area contributed by atoms with E-state index < -0.39 is 0 Å². The average Bonchev–Trinajstić information content (AvgIpc) is 2.86. The fourth-order valence-electron chi connectivity index (χ4n) is 2.70. The minimum absolute atomic E-state index is 0.826. The van der Waals surface area contributed by atoms with E-state index in [0.29, 0.717) is 0 Å². The van der Waals surface area contributed by atoms with Gasteiger partial charge < -0.3 is 10.2 Å². The van der Waals surface area contributed by atoms with Crippen molar-refractivity contribution in [1.82, 2.24) is 10.2 Å². The molecule has 1 unspecified atom stereocenters. The zero-order chi connectivity index (χ0) is 13.5. The maximum absolute atomic E-state index is 5.90. The highest BCUT2D eigenvalue weighted by Crippen LogP contribution is 2.16. The predicted octanol–water partition coefficient (Wildman–Crippen LogP) is 3.20. The molecule has 1 fully saturated rings. The molecule has 0 aromatic heterocycles. The van der Waals surface area contributed by atoms with Crippen molar-refractivity contribution in [3.63, 3.8) is 0 Å². The first kappa shape index (κ1) is 14.8. The first-order valence-electron chi connectivity index (χ1n) is 7.45. The van der Waals surface area contributed by atoms with Crippen molar-refractivity contribution >= 4 is 11.6 Å². The second-order valence-corrected chi connectivity index (χ2v) is 5.97. The SMILES string of the molecule is CCCNCC1CCN(CCc2ccc(Cl)cc2)C1. The summed E-state index contributed by atoms with van der Waals surface area (Å²) in [5, 5.41) is 4.36. The molecular weight excluding hydrogens is 256 g/mol. The van der Waals surface area contributed by atoms with E-state index in [1.165, 1.54) is 44.6 Å². The molecule has 1 aromatic rings. The normalized spacial score (nSPS) is 20.0. The van der Waals surface area contributed by atoms with E-state index in [0.717, 1.165) is 23.9 Å². The predicted molar refractivity (Wildman–Crippen MR) is 82.9 cm³/mol. The largest absolute Gasteiger partial charge is 0.316 e. The summed E-state index contributed by atoms with van der Waals surface area (Å²) in [6.07, 6.45) is 3.70. The van der Waals surface area contributed by atoms with Crippen LogP contribution >= 0.6 is 11.6 Å². The van der Waals surface area contributed by atoms with Gasteiger partial charge >= 0.3 is 0 Å². The van der Waals surface area contributed by atoms with E-state index in [2.05, 4.69) is 29.3 Å². The van der Waals surface area contributed by atoms with Gasteiger partial charge in [-0.05, 0) is 62.5 Å². The van der Waals surface area contributed by atoms with Crippen LogP contribution in [0.1, 0.15) is 25.3 Å². The molecule has 19 heavy (non-hydrogen) atoms. The summed E-state index contributed by atoms with van der Waals surface area (Å²) >= 11 is 5.90. The second-order valence-electron chi connectivity index (χ2n) is 5.54. The fourth-order valence-corrected chi connectivity index (χ4v) is 2.83. The minimum atomic E-state index is 0.826. The number of halogens is 1. The lowest BCUT2D eigenvalue weighted by Crippen LogP contribution is -2.28. The standard InChI is InChI=1S/C16H25ClN2/c1-2-9-18-12-15-8-11-19(13-15)10-7-14-3-5-16(17)6-4-14/h3-6,15,18H,2,7-13H2,1H3. The van der Waals surface area contributed by atoms with Crippen LogP contribution in [0.2, 0.25) is 5.02 Å². The second kappa shape index (κ2) is 7.88. The molecule has 1 aromatic carbocycles. The van der Waals surface area contributed by atoms with Gasteiger partial charge in [-0.15, -0.1) is 0 Å². The van der Waals surface area contributed by atoms with Gasteiger partial charge in [-0.1, -0.05) is 30.7 Å². The summed E-state index contributed by atoms with van der Waals surface area (Å²) in [6, 6.07) is 8.24. The quantitative estimate of drug-likeness (QED) is 0.772. The number of nitrogens with one attached hydrogen (secondary N) is 1. The van der Waals surface area contributed by atoms with Crippen LogP contribution in [0.5, 0.6) is 0 Å². The van der Waals surface area contributed by atoms with Crippen molar-refractivity contribution < 1.29 is 0 Å². The zero-order valence-electron chi connectivity index (χ0n) is 11.9. The Morgan fingerprint density at radius 3 is 2.84 bits per heavy atom. The highest BCUT2D eigenvalue weighted by atomic mass is 35.5. The Balaban J connectivity index is 1.66. The zero-order valence-corrected chi connectivity index (χ0v) is 12.6. The van der Waals surface area contributed by atoms with Crippen molar-refractivity contribution in [3.05, 3.63) is 34.9 Å². The summed E-state index contributed by atoms with van der Waals surface area (Å²) in [5.74, 6) is 0.844. The minimum Gasteiger partial charge on any atom is -0.316 e. The Kier molecular flexibility index (Phi) is 6.15. The molecule has 0 saturated carbocycles. The van der Waals surface area contributed by atoms with E-state index in [4.69, 9.17) is 11.6 Å². The lowest BCUT2D eigenvalue weighted by molar-refractivity contribution is 0.326. The smallest absolute Gasteiger partial charge is 0.0406 e. The van der Waals surface area contributed by atoms with Gasteiger partial charge in [0.2, 0.25) is 0 Å². The summed E-state index contributed by atoms with van der Waals surface area (Å²) in [4.78, 5) is 2.59. The first-order chi connectivity index (χ1) is 9.28. The third-order valence-electron chi connectivity index (χ3n) is 3.86. The monoisotopic (exact) mass is 280 g/mol. The lowest BCUT2D eigenvalue weighted by atomic mass is 10.1. The van der Waals surface area contributed by atoms with Crippen LogP contribution in [0.3, 0.4) is 0 Å². The number of hydrogen-bond acceptors (Lipinski definition) is 2. The van der Waals surface area contributed by atoms with Gasteiger partial charge in [0.15, 0.2) is 0 Å². The topological polar surface area (TPSA) is 15.3 Å². The van der Waals surface area contributed by atoms with E-state index in [9.17, 15) is 0 Å². The van der Waals surface area contributed by atoms with Crippen LogP contribution in [0.25, 0.3) is 0 Å². The first-order valence-corrected chi connectivity index (χ1v) is 7.83. The third-order valence-corrected chi connectivity index (χ3v) is 4.11. The summed E-state index contributed by atoms with van der Waals surface area (Å²) in [7, 11) is 0. The van der Waals surface area contributed by atoms with Crippen molar-refractivity contribution in [1.29, 1.82) is 0 Å². The van der Waals surface area contributed by atoms with Crippen LogP contribution in [0.4, 0.5) is 0 Å². The summed E-state index contributed by atoms with van der Waals surface area (Å²) in [5.41, 5.74) is 1.39. The lowest BCUT2D eigenvalue weighted by Gasteiger charge is -2.16. The Morgan fingerprint density at radius 1 is 1.32 bits per heavy atom. The number of nitrogens with zero attached hydrogens (tertiary/aromatic N) is 1. The molecular formula is C16H25ClN2. The average molecular weight is 281 g/mol. The van der Waals surface area contributed by atoms with E-state index in [1.807, 2.05) is 12.1 Å². The number of likely N-dealkylation sites (tertiary alicyclic amines) is 1. The summed E-state index contributed by atoms with van der Waals surface area (Å²) in [6.45, 7) is 8.24. The van der Waals surface area contributed by atoms with Crippen LogP contribution < -0.4 is 5.32 Å². The highest BCUT2D eigenvalue weighted by molar-refractivity contribution is 6.30. The van der Waals surface area contributed by atoms with Crippen LogP contribution in [0, 0.1) is 5.92 Å². The van der Waals surface area contributed by atoms with Gasteiger partial charge in [-0.2, -0.15) is 0 Å². The van der Waals surface area contributed by atoms with Gasteiger partial charge in [0.25, 0.3) is 0 Å². The van der Waals surface area contributed by atoms with Crippen molar-refractivity contribution in [2.45, 2.75) is 26.2 Å². The van der Waals surface area contributed by atoms with Crippen molar-refractivity contribution in [2.75, 3.05) is 32.7 Å². The molecule has 0 bridgehead atoms. The molecule has 1 atom stereocenters. The van der Waals surface area contributed by atoms with E-state index in [1.54, 1.807) is 0 Å². The van der Waals surface area contributed by atoms with Gasteiger partial charge in [-0.3, -0.25) is 0 Å². The Morgan fingerprint density at radius 2 is 2.11 bits per heavy atom. The van der Waals surface area contributed by atoms with Crippen molar-refractivity contribution in [2.24, 2.45) is 5.92 Å². The Labute approximate surface area is 122 Å². The maximum atomic E-state index is 5.90. The van der Waals surface area contributed by atoms with Gasteiger partial charge in [0, 0.05) is 18.1 Å². The number of hydrogen-bond donors (Lipinski definition) is 1. The molecule has 1 N–H and O–H groups in total. The van der Waals surface area contributed by atoms with E-state index in [-0.39, 0.29) is 0 Å². The van der Waals surface area contributed by atoms with Crippen LogP contribution in [0.15, 0.2) is 24.3 Å². The molecule has 0 spiro atoms. The fraction of sp³-hybridized carbons (Fsp3) is 0.625. The molecule has 1 heterocycles. The molecule has 2 nitrogen and oxygen atoms in total.